The molecular formula is C13H27NO. The van der Waals surface area contributed by atoms with Crippen molar-refractivity contribution in [3.05, 3.63) is 0 Å². The normalized spacial score (nSPS) is 17.5. The first-order valence-electron chi connectivity index (χ1n) is 6.20. The second-order valence-corrected chi connectivity index (χ2v) is 4.97. The summed E-state index contributed by atoms with van der Waals surface area (Å²) in [7, 11) is 0. The van der Waals surface area contributed by atoms with Gasteiger partial charge in [-0.2, -0.15) is 0 Å². The van der Waals surface area contributed by atoms with Gasteiger partial charge in [-0.1, -0.05) is 41.0 Å². The summed E-state index contributed by atoms with van der Waals surface area (Å²) in [5.74, 6) is 0.720. The number of nitrogens with zero attached hydrogens (tertiary/aromatic N) is 1. The summed E-state index contributed by atoms with van der Waals surface area (Å²) in [6.45, 7) is 13.8. The molecule has 0 aromatic carbocycles. The van der Waals surface area contributed by atoms with Gasteiger partial charge in [-0.15, -0.1) is 0 Å². The van der Waals surface area contributed by atoms with E-state index in [-0.39, 0.29) is 5.41 Å². The van der Waals surface area contributed by atoms with Crippen molar-refractivity contribution in [3.63, 3.8) is 0 Å². The fourth-order valence-corrected chi connectivity index (χ4v) is 1.62. The van der Waals surface area contributed by atoms with Gasteiger partial charge in [0.25, 0.3) is 0 Å². The smallest absolute Gasteiger partial charge is 0.127 e. The largest absolute Gasteiger partial charge is 0.303 e. The Morgan fingerprint density at radius 1 is 1.33 bits per heavy atom. The molecule has 0 heterocycles. The van der Waals surface area contributed by atoms with Crippen LogP contribution in [-0.4, -0.2) is 30.8 Å². The first kappa shape index (κ1) is 14.6. The van der Waals surface area contributed by atoms with Crippen LogP contribution in [0, 0.1) is 11.3 Å². The highest BCUT2D eigenvalue weighted by molar-refractivity contribution is 5.58. The Bertz CT molecular complexity index is 181. The third-order valence-corrected chi connectivity index (χ3v) is 3.39. The monoisotopic (exact) mass is 213 g/mol. The van der Waals surface area contributed by atoms with Gasteiger partial charge in [0.2, 0.25) is 0 Å². The van der Waals surface area contributed by atoms with Crippen molar-refractivity contribution in [1.82, 2.24) is 4.90 Å². The molecule has 0 rings (SSSR count). The van der Waals surface area contributed by atoms with E-state index in [9.17, 15) is 4.79 Å². The number of hydrogen-bond donors (Lipinski definition) is 0. The topological polar surface area (TPSA) is 20.3 Å². The summed E-state index contributed by atoms with van der Waals surface area (Å²) < 4.78 is 0. The molecule has 0 fully saturated rings. The van der Waals surface area contributed by atoms with Gasteiger partial charge in [-0.3, -0.25) is 0 Å². The highest BCUT2D eigenvalue weighted by atomic mass is 16.1. The summed E-state index contributed by atoms with van der Waals surface area (Å²) in [6, 6.07) is 0. The van der Waals surface area contributed by atoms with E-state index in [1.54, 1.807) is 0 Å². The van der Waals surface area contributed by atoms with Crippen LogP contribution in [0.2, 0.25) is 0 Å². The lowest BCUT2D eigenvalue weighted by Gasteiger charge is -2.31. The molecule has 0 aliphatic carbocycles. The number of aldehydes is 1. The molecule has 2 heteroatoms. The highest BCUT2D eigenvalue weighted by Crippen LogP contribution is 2.20. The van der Waals surface area contributed by atoms with Crippen LogP contribution < -0.4 is 0 Å². The highest BCUT2D eigenvalue weighted by Gasteiger charge is 2.24. The molecule has 0 aliphatic rings. The third kappa shape index (κ3) is 5.31. The zero-order valence-electron chi connectivity index (χ0n) is 11.0. The Morgan fingerprint density at radius 3 is 2.27 bits per heavy atom. The molecule has 0 aliphatic heterocycles. The van der Waals surface area contributed by atoms with E-state index in [1.165, 1.54) is 6.42 Å². The molecule has 0 saturated carbocycles. The Hall–Kier alpha value is -0.370. The lowest BCUT2D eigenvalue weighted by atomic mass is 9.88. The predicted octanol–water partition coefficient (Wildman–Crippen LogP) is 2.97. The minimum Gasteiger partial charge on any atom is -0.303 e. The average Bonchev–Trinajstić information content (AvgIpc) is 2.27. The van der Waals surface area contributed by atoms with Crippen molar-refractivity contribution in [2.45, 2.75) is 47.5 Å². The number of hydrogen-bond acceptors (Lipinski definition) is 2. The van der Waals surface area contributed by atoms with Gasteiger partial charge in [-0.05, 0) is 18.9 Å². The van der Waals surface area contributed by atoms with Gasteiger partial charge in [0.1, 0.15) is 6.29 Å². The Kier molecular flexibility index (Phi) is 6.82. The predicted molar refractivity (Wildman–Crippen MR) is 66.0 cm³/mol. The second-order valence-electron chi connectivity index (χ2n) is 4.97. The molecule has 2 atom stereocenters. The fraction of sp³-hybridized carbons (Fsp3) is 0.923. The molecule has 0 aromatic heterocycles. The molecule has 0 aromatic rings. The quantitative estimate of drug-likeness (QED) is 0.578. The summed E-state index contributed by atoms with van der Waals surface area (Å²) in [6.07, 6.45) is 3.25. The van der Waals surface area contributed by atoms with E-state index in [2.05, 4.69) is 39.5 Å². The van der Waals surface area contributed by atoms with E-state index in [0.717, 1.165) is 38.3 Å². The zero-order valence-corrected chi connectivity index (χ0v) is 11.0. The summed E-state index contributed by atoms with van der Waals surface area (Å²) in [4.78, 5) is 13.4. The molecule has 0 saturated heterocycles. The second kappa shape index (κ2) is 7.00. The van der Waals surface area contributed by atoms with Crippen molar-refractivity contribution < 1.29 is 4.79 Å². The molecule has 2 unspecified atom stereocenters. The SMILES string of the molecule is CCC(C)CN(CC)CC(C)(C=O)CC. The van der Waals surface area contributed by atoms with Crippen molar-refractivity contribution >= 4 is 6.29 Å². The van der Waals surface area contributed by atoms with Gasteiger partial charge in [0.15, 0.2) is 0 Å². The Balaban J connectivity index is 4.24. The van der Waals surface area contributed by atoms with Crippen molar-refractivity contribution in [2.75, 3.05) is 19.6 Å². The minimum absolute atomic E-state index is 0.163. The van der Waals surface area contributed by atoms with E-state index < -0.39 is 0 Å². The molecule has 0 N–H and O–H groups in total. The van der Waals surface area contributed by atoms with Gasteiger partial charge < -0.3 is 9.69 Å². The molecule has 0 amide bonds. The van der Waals surface area contributed by atoms with Crippen LogP contribution >= 0.6 is 0 Å². The van der Waals surface area contributed by atoms with Crippen LogP contribution in [0.25, 0.3) is 0 Å². The van der Waals surface area contributed by atoms with Gasteiger partial charge in [0, 0.05) is 18.5 Å². The number of carbonyl (C=O) groups excluding carboxylic acids is 1. The third-order valence-electron chi connectivity index (χ3n) is 3.39. The van der Waals surface area contributed by atoms with Crippen LogP contribution in [0.3, 0.4) is 0 Å². The number of carbonyl (C=O) groups is 1. The lowest BCUT2D eigenvalue weighted by Crippen LogP contribution is -2.38. The van der Waals surface area contributed by atoms with Crippen molar-refractivity contribution in [2.24, 2.45) is 11.3 Å². The van der Waals surface area contributed by atoms with Crippen LogP contribution in [0.1, 0.15) is 47.5 Å². The van der Waals surface area contributed by atoms with E-state index in [1.807, 2.05) is 0 Å². The molecule has 0 radical (unpaired) electrons. The Morgan fingerprint density at radius 2 is 1.93 bits per heavy atom. The molecule has 2 nitrogen and oxygen atoms in total. The maximum Gasteiger partial charge on any atom is 0.127 e. The first-order chi connectivity index (χ1) is 7.01. The van der Waals surface area contributed by atoms with Crippen LogP contribution in [0.5, 0.6) is 0 Å². The van der Waals surface area contributed by atoms with Crippen LogP contribution in [-0.2, 0) is 4.79 Å². The van der Waals surface area contributed by atoms with E-state index in [0.29, 0.717) is 0 Å². The fourth-order valence-electron chi connectivity index (χ4n) is 1.62. The Labute approximate surface area is 95.0 Å². The van der Waals surface area contributed by atoms with E-state index in [4.69, 9.17) is 0 Å². The van der Waals surface area contributed by atoms with Gasteiger partial charge in [0.05, 0.1) is 0 Å². The minimum atomic E-state index is -0.163. The maximum atomic E-state index is 11.0. The van der Waals surface area contributed by atoms with Gasteiger partial charge >= 0.3 is 0 Å². The van der Waals surface area contributed by atoms with E-state index >= 15 is 0 Å². The average molecular weight is 213 g/mol. The zero-order chi connectivity index (χ0) is 11.9. The summed E-state index contributed by atoms with van der Waals surface area (Å²) in [5, 5.41) is 0. The first-order valence-corrected chi connectivity index (χ1v) is 6.20. The van der Waals surface area contributed by atoms with Crippen molar-refractivity contribution in [3.8, 4) is 0 Å². The maximum absolute atomic E-state index is 11.0. The standard InChI is InChI=1S/C13H27NO/c1-6-12(4)9-14(8-3)10-13(5,7-2)11-15/h11-12H,6-10H2,1-5H3. The van der Waals surface area contributed by atoms with Crippen LogP contribution in [0.4, 0.5) is 0 Å². The molecule has 90 valence electrons. The molecule has 15 heavy (non-hydrogen) atoms. The van der Waals surface area contributed by atoms with Crippen molar-refractivity contribution in [1.29, 1.82) is 0 Å². The van der Waals surface area contributed by atoms with Crippen LogP contribution in [0.15, 0.2) is 0 Å². The van der Waals surface area contributed by atoms with Gasteiger partial charge in [-0.25, -0.2) is 0 Å². The molecular weight excluding hydrogens is 186 g/mol. The number of rotatable bonds is 8. The lowest BCUT2D eigenvalue weighted by molar-refractivity contribution is -0.116. The summed E-state index contributed by atoms with van der Waals surface area (Å²) in [5.41, 5.74) is -0.163. The molecule has 0 bridgehead atoms. The molecule has 0 spiro atoms. The summed E-state index contributed by atoms with van der Waals surface area (Å²) >= 11 is 0.